The van der Waals surface area contributed by atoms with Gasteiger partial charge in [-0.1, -0.05) is 36.4 Å². The predicted octanol–water partition coefficient (Wildman–Crippen LogP) is 7.63. The first kappa shape index (κ1) is 27.4. The fourth-order valence-corrected chi connectivity index (χ4v) is 4.94. The summed E-state index contributed by atoms with van der Waals surface area (Å²) in [6.45, 7) is -0.191. The molecule has 0 aliphatic carbocycles. The van der Waals surface area contributed by atoms with E-state index in [0.717, 1.165) is 11.6 Å². The Kier molecular flexibility index (Phi) is 7.13. The molecule has 3 aromatic carbocycles. The topological polar surface area (TPSA) is 60.3 Å². The van der Waals surface area contributed by atoms with E-state index in [4.69, 9.17) is 4.74 Å². The van der Waals surface area contributed by atoms with Gasteiger partial charge in [-0.3, -0.25) is 14.9 Å². The van der Waals surface area contributed by atoms with E-state index < -0.39 is 46.7 Å². The van der Waals surface area contributed by atoms with Crippen molar-refractivity contribution in [2.75, 3.05) is 0 Å². The van der Waals surface area contributed by atoms with Crippen molar-refractivity contribution in [1.29, 1.82) is 0 Å². The molecular formula is C28H18F6N2O3S. The SMILES string of the molecule is O=C1NC(=O)C(=Cc2cc3cc(OCc4ccccc4)ccc3n2Cc2ccc(C(F)(F)F)cc2C(F)(F)F)S1. The van der Waals surface area contributed by atoms with E-state index in [1.807, 2.05) is 30.3 Å². The molecule has 2 heterocycles. The lowest BCUT2D eigenvalue weighted by atomic mass is 10.0. The van der Waals surface area contributed by atoms with Crippen molar-refractivity contribution in [2.45, 2.75) is 25.5 Å². The first-order valence-electron chi connectivity index (χ1n) is 11.7. The van der Waals surface area contributed by atoms with Gasteiger partial charge in [0.1, 0.15) is 12.4 Å². The summed E-state index contributed by atoms with van der Waals surface area (Å²) >= 11 is 0.633. The Morgan fingerprint density at radius 2 is 1.62 bits per heavy atom. The number of aromatic nitrogens is 1. The maximum Gasteiger partial charge on any atom is 0.416 e. The Labute approximate surface area is 227 Å². The lowest BCUT2D eigenvalue weighted by Gasteiger charge is -2.18. The number of amides is 2. The number of alkyl halides is 6. The highest BCUT2D eigenvalue weighted by Gasteiger charge is 2.38. The summed E-state index contributed by atoms with van der Waals surface area (Å²) in [6.07, 6.45) is -8.65. The van der Waals surface area contributed by atoms with Crippen LogP contribution in [0.15, 0.2) is 77.7 Å². The first-order valence-corrected chi connectivity index (χ1v) is 12.5. The fraction of sp³-hybridized carbons (Fsp3) is 0.143. The minimum Gasteiger partial charge on any atom is -0.489 e. The van der Waals surface area contributed by atoms with E-state index >= 15 is 0 Å². The van der Waals surface area contributed by atoms with Crippen LogP contribution in [-0.2, 0) is 30.3 Å². The van der Waals surface area contributed by atoms with Crippen molar-refractivity contribution in [1.82, 2.24) is 9.88 Å². The van der Waals surface area contributed by atoms with Gasteiger partial charge >= 0.3 is 12.4 Å². The number of halogens is 6. The number of hydrogen-bond acceptors (Lipinski definition) is 4. The van der Waals surface area contributed by atoms with Crippen molar-refractivity contribution in [3.05, 3.63) is 106 Å². The molecule has 1 aliphatic heterocycles. The molecule has 0 bridgehead atoms. The number of nitrogens with zero attached hydrogens (tertiary/aromatic N) is 1. The molecule has 12 heteroatoms. The van der Waals surface area contributed by atoms with Crippen LogP contribution >= 0.6 is 11.8 Å². The van der Waals surface area contributed by atoms with E-state index in [1.165, 1.54) is 10.6 Å². The quantitative estimate of drug-likeness (QED) is 0.189. The number of thioether (sulfide) groups is 1. The Morgan fingerprint density at radius 3 is 2.27 bits per heavy atom. The number of rotatable bonds is 6. The number of carbonyl (C=O) groups is 2. The lowest BCUT2D eigenvalue weighted by Crippen LogP contribution is -2.18. The van der Waals surface area contributed by atoms with Gasteiger partial charge in [-0.25, -0.2) is 0 Å². The molecule has 0 spiro atoms. The van der Waals surface area contributed by atoms with Crippen molar-refractivity contribution in [3.63, 3.8) is 0 Å². The van der Waals surface area contributed by atoms with E-state index in [1.54, 1.807) is 24.3 Å². The van der Waals surface area contributed by atoms with E-state index in [-0.39, 0.29) is 23.3 Å². The summed E-state index contributed by atoms with van der Waals surface area (Å²) in [7, 11) is 0. The summed E-state index contributed by atoms with van der Waals surface area (Å²) in [4.78, 5) is 23.8. The van der Waals surface area contributed by atoms with Gasteiger partial charge in [0.25, 0.3) is 11.1 Å². The largest absolute Gasteiger partial charge is 0.489 e. The van der Waals surface area contributed by atoms with E-state index in [9.17, 15) is 35.9 Å². The second-order valence-corrected chi connectivity index (χ2v) is 9.88. The number of nitrogens with one attached hydrogen (secondary N) is 1. The minimum absolute atomic E-state index is 0.0260. The van der Waals surface area contributed by atoms with Crippen molar-refractivity contribution < 1.29 is 40.7 Å². The Bertz CT molecular complexity index is 1640. The predicted molar refractivity (Wildman–Crippen MR) is 137 cm³/mol. The summed E-state index contributed by atoms with van der Waals surface area (Å²) in [5.74, 6) is -0.189. The van der Waals surface area contributed by atoms with Crippen LogP contribution in [0.5, 0.6) is 5.75 Å². The minimum atomic E-state index is -5.05. The van der Waals surface area contributed by atoms with Crippen LogP contribution in [0, 0.1) is 0 Å². The third kappa shape index (κ3) is 5.86. The third-order valence-electron chi connectivity index (χ3n) is 6.15. The standard InChI is InChI=1S/C28H18F6N2O3S/c29-27(30,31)19-7-6-17(22(12-19)28(32,33)34)14-36-20(13-24-25(37)35-26(38)40-24)10-18-11-21(8-9-23(18)36)39-15-16-4-2-1-3-5-16/h1-13H,14-15H2,(H,35,37,38). The number of hydrogen-bond donors (Lipinski definition) is 1. The summed E-state index contributed by atoms with van der Waals surface area (Å²) in [6, 6.07) is 17.3. The summed E-state index contributed by atoms with van der Waals surface area (Å²) in [5.41, 5.74) is -1.60. The molecule has 0 radical (unpaired) electrons. The normalized spacial score (nSPS) is 15.2. The zero-order valence-corrected chi connectivity index (χ0v) is 21.1. The molecule has 5 nitrogen and oxygen atoms in total. The number of imide groups is 1. The molecule has 5 rings (SSSR count). The molecule has 1 aromatic heterocycles. The van der Waals surface area contributed by atoms with Gasteiger partial charge in [-0.2, -0.15) is 26.3 Å². The summed E-state index contributed by atoms with van der Waals surface area (Å²) < 4.78 is 88.4. The van der Waals surface area contributed by atoms with Gasteiger partial charge in [-0.15, -0.1) is 0 Å². The molecule has 4 aromatic rings. The highest BCUT2D eigenvalue weighted by atomic mass is 32.2. The van der Waals surface area contributed by atoms with E-state index in [2.05, 4.69) is 5.32 Å². The molecule has 206 valence electrons. The highest BCUT2D eigenvalue weighted by molar-refractivity contribution is 8.18. The number of fused-ring (bicyclic) bond motifs is 1. The van der Waals surface area contributed by atoms with Crippen molar-refractivity contribution in [3.8, 4) is 5.75 Å². The molecule has 0 saturated carbocycles. The molecule has 1 aliphatic rings. The van der Waals surface area contributed by atoms with Crippen molar-refractivity contribution >= 4 is 39.9 Å². The molecular weight excluding hydrogens is 558 g/mol. The van der Waals surface area contributed by atoms with Crippen LogP contribution in [0.3, 0.4) is 0 Å². The number of ether oxygens (including phenoxy) is 1. The summed E-state index contributed by atoms with van der Waals surface area (Å²) in [5, 5.41) is 2.06. The smallest absolute Gasteiger partial charge is 0.416 e. The molecule has 40 heavy (non-hydrogen) atoms. The Balaban J connectivity index is 1.58. The molecule has 1 N–H and O–H groups in total. The average Bonchev–Trinajstić information content (AvgIpc) is 3.39. The van der Waals surface area contributed by atoms with Gasteiger partial charge < -0.3 is 9.30 Å². The maximum absolute atomic E-state index is 13.9. The van der Waals surface area contributed by atoms with Crippen LogP contribution < -0.4 is 10.1 Å². The van der Waals surface area contributed by atoms with Gasteiger partial charge in [-0.05, 0) is 65.4 Å². The zero-order chi connectivity index (χ0) is 28.7. The van der Waals surface area contributed by atoms with Gasteiger partial charge in [0.05, 0.1) is 16.0 Å². The van der Waals surface area contributed by atoms with Gasteiger partial charge in [0, 0.05) is 23.1 Å². The maximum atomic E-state index is 13.9. The lowest BCUT2D eigenvalue weighted by molar-refractivity contribution is -0.143. The monoisotopic (exact) mass is 576 g/mol. The first-order chi connectivity index (χ1) is 18.9. The molecule has 1 fully saturated rings. The molecule has 1 saturated heterocycles. The zero-order valence-electron chi connectivity index (χ0n) is 20.3. The Morgan fingerprint density at radius 1 is 0.875 bits per heavy atom. The Hall–Kier alpha value is -4.19. The van der Waals surface area contributed by atoms with Gasteiger partial charge in [0.2, 0.25) is 0 Å². The van der Waals surface area contributed by atoms with Crippen LogP contribution in [0.4, 0.5) is 31.1 Å². The van der Waals surface area contributed by atoms with Crippen LogP contribution in [-0.4, -0.2) is 15.7 Å². The second-order valence-electron chi connectivity index (χ2n) is 8.87. The van der Waals surface area contributed by atoms with Crippen molar-refractivity contribution in [2.24, 2.45) is 0 Å². The third-order valence-corrected chi connectivity index (χ3v) is 6.96. The second kappa shape index (κ2) is 10.4. The van der Waals surface area contributed by atoms with Crippen LogP contribution in [0.2, 0.25) is 0 Å². The van der Waals surface area contributed by atoms with Gasteiger partial charge in [0.15, 0.2) is 0 Å². The fourth-order valence-electron chi connectivity index (χ4n) is 4.28. The molecule has 2 amide bonds. The molecule has 0 unspecified atom stereocenters. The number of carbonyl (C=O) groups excluding carboxylic acids is 2. The van der Waals surface area contributed by atoms with Crippen LogP contribution in [0.1, 0.15) is 27.9 Å². The average molecular weight is 577 g/mol. The van der Waals surface area contributed by atoms with E-state index in [0.29, 0.717) is 34.5 Å². The van der Waals surface area contributed by atoms with Crippen LogP contribution in [0.25, 0.3) is 17.0 Å². The number of benzene rings is 3. The molecule has 0 atom stereocenters. The highest BCUT2D eigenvalue weighted by Crippen LogP contribution is 2.39.